The molecule has 7 N–H and O–H groups in total. The van der Waals surface area contributed by atoms with Gasteiger partial charge >= 0.3 is 0 Å². The van der Waals surface area contributed by atoms with Crippen molar-refractivity contribution in [3.8, 4) is 16.9 Å². The number of nitrogens with zero attached hydrogens (tertiary/aromatic N) is 2. The van der Waals surface area contributed by atoms with Crippen LogP contribution in [0, 0.1) is 13.8 Å². The largest absolute Gasteiger partial charge is 0.505 e. The maximum absolute atomic E-state index is 11.9. The van der Waals surface area contributed by atoms with Crippen LogP contribution in [0.3, 0.4) is 0 Å². The van der Waals surface area contributed by atoms with Gasteiger partial charge in [0.2, 0.25) is 0 Å². The number of nitrogen functional groups attached to an aromatic ring is 2. The molecular formula is C24H22N4O7S2. The van der Waals surface area contributed by atoms with Gasteiger partial charge in [0.05, 0.1) is 16.8 Å². The normalized spacial score (nSPS) is 12.4. The van der Waals surface area contributed by atoms with Gasteiger partial charge in [0.25, 0.3) is 20.2 Å². The minimum Gasteiger partial charge on any atom is -0.505 e. The summed E-state index contributed by atoms with van der Waals surface area (Å²) >= 11 is 0. The fourth-order valence-corrected chi connectivity index (χ4v) is 5.31. The van der Waals surface area contributed by atoms with Crippen molar-refractivity contribution >= 4 is 53.8 Å². The first-order valence-electron chi connectivity index (χ1n) is 10.6. The van der Waals surface area contributed by atoms with Crippen molar-refractivity contribution < 1.29 is 31.0 Å². The van der Waals surface area contributed by atoms with E-state index in [0.717, 1.165) is 22.3 Å². The van der Waals surface area contributed by atoms with E-state index in [0.29, 0.717) is 17.4 Å². The van der Waals surface area contributed by atoms with Crippen LogP contribution in [-0.4, -0.2) is 31.0 Å². The Balaban J connectivity index is 1.81. The zero-order chi connectivity index (χ0) is 27.3. The molecule has 4 rings (SSSR count). The Hall–Kier alpha value is -4.04. The predicted molar refractivity (Wildman–Crippen MR) is 140 cm³/mol. The van der Waals surface area contributed by atoms with Gasteiger partial charge in [-0.05, 0) is 72.5 Å². The molecule has 0 radical (unpaired) electrons. The number of hydrogen-bond donors (Lipinski definition) is 5. The van der Waals surface area contributed by atoms with Gasteiger partial charge in [-0.1, -0.05) is 18.2 Å². The van der Waals surface area contributed by atoms with Crippen LogP contribution in [0.4, 0.5) is 22.7 Å². The highest BCUT2D eigenvalue weighted by Crippen LogP contribution is 2.43. The standard InChI is InChI=1S/C24H22N4O7S2/c1-12-9-14(3-6-17(12)25)15-4-7-18(13(2)10-15)27-28-19-8-5-16-20(36(30,31)32)11-21(37(33,34)35)23(26)22(16)24(19)29/h3-11,29H,25-26H2,1-2H3,(H,30,31,32)(H,33,34,35)/b28-27+. The molecule has 0 atom stereocenters. The van der Waals surface area contributed by atoms with E-state index in [4.69, 9.17) is 11.5 Å². The Morgan fingerprint density at radius 2 is 1.24 bits per heavy atom. The summed E-state index contributed by atoms with van der Waals surface area (Å²) in [5.41, 5.74) is 15.7. The average molecular weight is 543 g/mol. The molecule has 0 aliphatic carbocycles. The Morgan fingerprint density at radius 3 is 1.81 bits per heavy atom. The monoisotopic (exact) mass is 542 g/mol. The molecule has 0 saturated heterocycles. The highest BCUT2D eigenvalue weighted by atomic mass is 32.2. The Labute approximate surface area is 212 Å². The zero-order valence-electron chi connectivity index (χ0n) is 19.5. The molecule has 0 unspecified atom stereocenters. The lowest BCUT2D eigenvalue weighted by molar-refractivity contribution is 0.481. The second-order valence-electron chi connectivity index (χ2n) is 8.37. The Morgan fingerprint density at radius 1 is 0.703 bits per heavy atom. The molecule has 0 aliphatic heterocycles. The van der Waals surface area contributed by atoms with E-state index in [2.05, 4.69) is 10.2 Å². The molecular weight excluding hydrogens is 520 g/mol. The quantitative estimate of drug-likeness (QED) is 0.132. The van der Waals surface area contributed by atoms with Gasteiger partial charge in [-0.25, -0.2) is 0 Å². The number of nitrogens with two attached hydrogens (primary N) is 2. The first-order valence-corrected chi connectivity index (χ1v) is 13.5. The molecule has 0 fully saturated rings. The lowest BCUT2D eigenvalue weighted by atomic mass is 10.0. The topological polar surface area (TPSA) is 206 Å². The summed E-state index contributed by atoms with van der Waals surface area (Å²) < 4.78 is 66.3. The fraction of sp³-hybridized carbons (Fsp3) is 0.0833. The summed E-state index contributed by atoms with van der Waals surface area (Å²) in [5, 5.41) is 18.3. The van der Waals surface area contributed by atoms with Gasteiger partial charge in [-0.2, -0.15) is 21.9 Å². The Kier molecular flexibility index (Phi) is 6.42. The number of phenolic OH excluding ortho intramolecular Hbond substituents is 1. The van der Waals surface area contributed by atoms with Crippen LogP contribution >= 0.6 is 0 Å². The summed E-state index contributed by atoms with van der Waals surface area (Å²) in [4.78, 5) is -1.87. The summed E-state index contributed by atoms with van der Waals surface area (Å²) in [6.45, 7) is 3.73. The van der Waals surface area contributed by atoms with Crippen LogP contribution in [0.2, 0.25) is 0 Å². The zero-order valence-corrected chi connectivity index (χ0v) is 21.2. The van der Waals surface area contributed by atoms with Gasteiger partial charge in [-0.3, -0.25) is 9.11 Å². The molecule has 0 saturated carbocycles. The molecule has 11 nitrogen and oxygen atoms in total. The molecule has 13 heteroatoms. The van der Waals surface area contributed by atoms with Crippen LogP contribution in [0.15, 0.2) is 74.6 Å². The molecule has 192 valence electrons. The molecule has 0 aliphatic rings. The number of hydrogen-bond acceptors (Lipinski definition) is 9. The lowest BCUT2D eigenvalue weighted by Crippen LogP contribution is -2.08. The third kappa shape index (κ3) is 4.97. The van der Waals surface area contributed by atoms with Crippen LogP contribution < -0.4 is 11.5 Å². The van der Waals surface area contributed by atoms with Crippen molar-refractivity contribution in [3.05, 3.63) is 65.7 Å². The van der Waals surface area contributed by atoms with E-state index in [-0.39, 0.29) is 11.1 Å². The number of rotatable bonds is 5. The highest BCUT2D eigenvalue weighted by molar-refractivity contribution is 7.87. The fourth-order valence-electron chi connectivity index (χ4n) is 3.87. The van der Waals surface area contributed by atoms with Gasteiger partial charge < -0.3 is 16.6 Å². The summed E-state index contributed by atoms with van der Waals surface area (Å²) in [5.74, 6) is -0.694. The smallest absolute Gasteiger partial charge is 0.296 e. The summed E-state index contributed by atoms with van der Waals surface area (Å²) in [6, 6.07) is 14.1. The van der Waals surface area contributed by atoms with Crippen molar-refractivity contribution in [2.24, 2.45) is 10.2 Å². The van der Waals surface area contributed by atoms with Crippen molar-refractivity contribution in [2.75, 3.05) is 11.5 Å². The second kappa shape index (κ2) is 9.12. The summed E-state index contributed by atoms with van der Waals surface area (Å²) in [7, 11) is -9.96. The van der Waals surface area contributed by atoms with Gasteiger partial charge in [0, 0.05) is 11.1 Å². The lowest BCUT2D eigenvalue weighted by Gasteiger charge is -2.13. The minimum absolute atomic E-state index is 0.161. The SMILES string of the molecule is Cc1cc(-c2ccc(/N=N/c3ccc4c(S(=O)(=O)O)cc(S(=O)(=O)O)c(N)c4c3O)c(C)c2)ccc1N. The molecule has 0 aromatic heterocycles. The predicted octanol–water partition coefficient (Wildman–Crippen LogP) is 4.90. The number of anilines is 2. The van der Waals surface area contributed by atoms with E-state index in [1.165, 1.54) is 12.1 Å². The molecule has 0 amide bonds. The van der Waals surface area contributed by atoms with Gasteiger partial charge in [-0.15, -0.1) is 5.11 Å². The minimum atomic E-state index is -5.00. The van der Waals surface area contributed by atoms with E-state index in [9.17, 15) is 31.0 Å². The first-order chi connectivity index (χ1) is 17.2. The van der Waals surface area contributed by atoms with Crippen molar-refractivity contribution in [2.45, 2.75) is 23.6 Å². The maximum atomic E-state index is 11.9. The maximum Gasteiger partial charge on any atom is 0.296 e. The van der Waals surface area contributed by atoms with Crippen LogP contribution in [-0.2, 0) is 20.2 Å². The number of aryl methyl sites for hydroxylation is 2. The number of phenols is 1. The molecule has 0 heterocycles. The second-order valence-corrected chi connectivity index (χ2v) is 11.1. The van der Waals surface area contributed by atoms with Crippen LogP contribution in [0.25, 0.3) is 21.9 Å². The number of benzene rings is 4. The number of fused-ring (bicyclic) bond motifs is 1. The first kappa shape index (κ1) is 26.0. The molecule has 0 spiro atoms. The molecule has 0 bridgehead atoms. The van der Waals surface area contributed by atoms with Crippen LogP contribution in [0.5, 0.6) is 5.75 Å². The van der Waals surface area contributed by atoms with E-state index >= 15 is 0 Å². The number of azo groups is 1. The highest BCUT2D eigenvalue weighted by Gasteiger charge is 2.26. The van der Waals surface area contributed by atoms with Crippen LogP contribution in [0.1, 0.15) is 11.1 Å². The summed E-state index contributed by atoms with van der Waals surface area (Å²) in [6.07, 6.45) is 0. The van der Waals surface area contributed by atoms with Crippen molar-refractivity contribution in [3.63, 3.8) is 0 Å². The van der Waals surface area contributed by atoms with E-state index in [1.54, 1.807) is 6.07 Å². The third-order valence-corrected chi connectivity index (χ3v) is 7.63. The van der Waals surface area contributed by atoms with E-state index < -0.39 is 46.9 Å². The Bertz CT molecular complexity index is 1830. The van der Waals surface area contributed by atoms with Gasteiger partial charge in [0.15, 0.2) is 5.75 Å². The van der Waals surface area contributed by atoms with E-state index in [1.807, 2.05) is 44.2 Å². The number of aromatic hydroxyl groups is 1. The molecule has 4 aromatic carbocycles. The van der Waals surface area contributed by atoms with Gasteiger partial charge in [0.1, 0.15) is 15.5 Å². The van der Waals surface area contributed by atoms with Crippen molar-refractivity contribution in [1.29, 1.82) is 0 Å². The van der Waals surface area contributed by atoms with Crippen molar-refractivity contribution in [1.82, 2.24) is 0 Å². The molecule has 37 heavy (non-hydrogen) atoms. The average Bonchev–Trinajstić information content (AvgIpc) is 2.79. The third-order valence-electron chi connectivity index (χ3n) is 5.84. The molecule has 4 aromatic rings.